The zero-order valence-corrected chi connectivity index (χ0v) is 20.9. The molecule has 1 unspecified atom stereocenters. The second-order valence-electron chi connectivity index (χ2n) is 6.81. The highest BCUT2D eigenvalue weighted by molar-refractivity contribution is 9.10. The molecule has 0 radical (unpaired) electrons. The van der Waals surface area contributed by atoms with Gasteiger partial charge in [-0.3, -0.25) is 4.79 Å². The normalized spacial score (nSPS) is 18.7. The van der Waals surface area contributed by atoms with Crippen molar-refractivity contribution in [1.82, 2.24) is 5.32 Å². The molecular formula is C21H17BrCl2F3NOS2. The second kappa shape index (κ2) is 10.00. The number of thioether (sulfide) groups is 2. The van der Waals surface area contributed by atoms with Crippen molar-refractivity contribution in [3.05, 3.63) is 67.5 Å². The maximum Gasteiger partial charge on any atom is 0.407 e. The zero-order chi connectivity index (χ0) is 22.8. The molecule has 0 aromatic heterocycles. The van der Waals surface area contributed by atoms with E-state index in [0.29, 0.717) is 17.7 Å². The van der Waals surface area contributed by atoms with Gasteiger partial charge in [-0.25, -0.2) is 0 Å². The van der Waals surface area contributed by atoms with Gasteiger partial charge >= 0.3 is 6.18 Å². The first-order valence-corrected chi connectivity index (χ1v) is 12.6. The molecule has 2 aromatic rings. The highest BCUT2D eigenvalue weighted by Gasteiger charge is 2.58. The third-order valence-electron chi connectivity index (χ3n) is 4.66. The molecule has 2 nitrogen and oxygen atoms in total. The molecule has 166 valence electrons. The van der Waals surface area contributed by atoms with Crippen molar-refractivity contribution < 1.29 is 18.0 Å². The fraction of sp³-hybridized carbons (Fsp3) is 0.286. The van der Waals surface area contributed by atoms with Crippen molar-refractivity contribution in [2.45, 2.75) is 29.2 Å². The first-order valence-electron chi connectivity index (χ1n) is 9.15. The van der Waals surface area contributed by atoms with Crippen LogP contribution in [0.25, 0.3) is 5.57 Å². The van der Waals surface area contributed by atoms with Crippen LogP contribution in [0, 0.1) is 0 Å². The number of hydrogen-bond donors (Lipinski definition) is 1. The average Bonchev–Trinajstić information content (AvgIpc) is 3.13. The van der Waals surface area contributed by atoms with Crippen LogP contribution in [-0.2, 0) is 9.54 Å². The minimum absolute atomic E-state index is 0.0296. The molecule has 31 heavy (non-hydrogen) atoms. The van der Waals surface area contributed by atoms with Gasteiger partial charge < -0.3 is 5.32 Å². The lowest BCUT2D eigenvalue weighted by Gasteiger charge is -2.32. The Morgan fingerprint density at radius 1 is 1.23 bits per heavy atom. The van der Waals surface area contributed by atoms with E-state index in [2.05, 4.69) is 21.2 Å². The van der Waals surface area contributed by atoms with Crippen molar-refractivity contribution in [3.63, 3.8) is 0 Å². The van der Waals surface area contributed by atoms with Crippen molar-refractivity contribution in [2.75, 3.05) is 12.3 Å². The molecule has 0 aliphatic carbocycles. The predicted molar refractivity (Wildman–Crippen MR) is 128 cm³/mol. The third kappa shape index (κ3) is 5.58. The lowest BCUT2D eigenvalue weighted by molar-refractivity contribution is -0.160. The molecule has 1 aliphatic heterocycles. The fourth-order valence-electron chi connectivity index (χ4n) is 3.19. The van der Waals surface area contributed by atoms with E-state index in [9.17, 15) is 18.0 Å². The Labute approximate surface area is 205 Å². The van der Waals surface area contributed by atoms with Gasteiger partial charge in [-0.05, 0) is 75.3 Å². The van der Waals surface area contributed by atoms with E-state index in [1.54, 1.807) is 23.6 Å². The molecule has 0 spiro atoms. The molecule has 3 rings (SSSR count). The minimum Gasteiger partial charge on any atom is -0.356 e. The van der Waals surface area contributed by atoms with Crippen LogP contribution in [0.2, 0.25) is 10.0 Å². The molecule has 10 heteroatoms. The summed E-state index contributed by atoms with van der Waals surface area (Å²) in [5.74, 6) is 0.186. The van der Waals surface area contributed by atoms with E-state index in [4.69, 9.17) is 23.2 Å². The summed E-state index contributed by atoms with van der Waals surface area (Å²) in [7, 11) is 0. The summed E-state index contributed by atoms with van der Waals surface area (Å²) in [6, 6.07) is 9.42. The van der Waals surface area contributed by atoms with Gasteiger partial charge in [0, 0.05) is 32.4 Å². The van der Waals surface area contributed by atoms with Crippen LogP contribution in [0.3, 0.4) is 0 Å². The van der Waals surface area contributed by atoms with Gasteiger partial charge in [0.2, 0.25) is 5.91 Å². The van der Waals surface area contributed by atoms with Gasteiger partial charge in [-0.2, -0.15) is 13.2 Å². The Hall–Kier alpha value is -0.800. The molecule has 1 atom stereocenters. The molecular weight excluding hydrogens is 554 g/mol. The standard InChI is InChI=1S/C21H17BrCl2F3NOS2/c1-2-28-19(29)11-30-18-4-3-12(5-17(18)22)13-9-20(31-10-13,21(25,26)27)14-6-15(23)8-16(24)7-14/h3-8,10H,2,9,11H2,1H3,(H,28,29). The number of alkyl halides is 3. The van der Waals surface area contributed by atoms with Gasteiger partial charge in [0.15, 0.2) is 0 Å². The maximum atomic E-state index is 14.2. The zero-order valence-electron chi connectivity index (χ0n) is 16.2. The number of halogens is 6. The van der Waals surface area contributed by atoms with Crippen LogP contribution in [0.15, 0.2) is 51.2 Å². The summed E-state index contributed by atoms with van der Waals surface area (Å²) >= 11 is 17.5. The summed E-state index contributed by atoms with van der Waals surface area (Å²) in [6.07, 6.45) is -4.75. The number of carbonyl (C=O) groups excluding carboxylic acids is 1. The SMILES string of the molecule is CCNC(=O)CSc1ccc(C2=CSC(c3cc(Cl)cc(Cl)c3)(C(F)(F)F)C2)cc1Br. The lowest BCUT2D eigenvalue weighted by atomic mass is 9.88. The quantitative estimate of drug-likeness (QED) is 0.358. The third-order valence-corrected chi connectivity index (χ3v) is 8.51. The smallest absolute Gasteiger partial charge is 0.356 e. The maximum absolute atomic E-state index is 14.2. The monoisotopic (exact) mass is 569 g/mol. The van der Waals surface area contributed by atoms with E-state index in [0.717, 1.165) is 21.1 Å². The molecule has 2 aromatic carbocycles. The Kier molecular flexibility index (Phi) is 8.01. The Bertz CT molecular complexity index is 1010. The Balaban J connectivity index is 1.85. The number of amides is 1. The van der Waals surface area contributed by atoms with Crippen LogP contribution in [-0.4, -0.2) is 24.4 Å². The number of rotatable bonds is 6. The molecule has 0 fully saturated rings. The summed E-state index contributed by atoms with van der Waals surface area (Å²) in [4.78, 5) is 12.5. The molecule has 1 aliphatic rings. The molecule has 0 saturated heterocycles. The number of benzene rings is 2. The summed E-state index contributed by atoms with van der Waals surface area (Å²) < 4.78 is 41.3. The van der Waals surface area contributed by atoms with E-state index < -0.39 is 10.9 Å². The lowest BCUT2D eigenvalue weighted by Crippen LogP contribution is -2.37. The van der Waals surface area contributed by atoms with E-state index >= 15 is 0 Å². The van der Waals surface area contributed by atoms with Crippen molar-refractivity contribution in [3.8, 4) is 0 Å². The number of allylic oxidation sites excluding steroid dienone is 1. The first-order chi connectivity index (χ1) is 14.6. The van der Waals surface area contributed by atoms with E-state index in [1.165, 1.54) is 30.0 Å². The van der Waals surface area contributed by atoms with Crippen LogP contribution >= 0.6 is 62.7 Å². The number of hydrogen-bond acceptors (Lipinski definition) is 3. The van der Waals surface area contributed by atoms with Crippen molar-refractivity contribution >= 4 is 74.1 Å². The van der Waals surface area contributed by atoms with Gasteiger partial charge in [-0.15, -0.1) is 23.5 Å². The van der Waals surface area contributed by atoms with Crippen molar-refractivity contribution in [2.24, 2.45) is 0 Å². The predicted octanol–water partition coefficient (Wildman–Crippen LogP) is 7.92. The summed E-state index contributed by atoms with van der Waals surface area (Å²) in [5, 5.41) is 4.60. The van der Waals surface area contributed by atoms with Gasteiger partial charge in [-0.1, -0.05) is 29.3 Å². The van der Waals surface area contributed by atoms with Crippen LogP contribution < -0.4 is 5.32 Å². The van der Waals surface area contributed by atoms with E-state index in [1.807, 2.05) is 6.92 Å². The molecule has 1 heterocycles. The highest BCUT2D eigenvalue weighted by atomic mass is 79.9. The average molecular weight is 571 g/mol. The molecule has 0 saturated carbocycles. The Morgan fingerprint density at radius 2 is 1.90 bits per heavy atom. The number of carbonyl (C=O) groups is 1. The van der Waals surface area contributed by atoms with Crippen LogP contribution in [0.4, 0.5) is 13.2 Å². The second-order valence-corrected chi connectivity index (χ2v) is 10.7. The van der Waals surface area contributed by atoms with Crippen LogP contribution in [0.5, 0.6) is 0 Å². The molecule has 1 N–H and O–H groups in total. The fourth-order valence-corrected chi connectivity index (χ4v) is 6.38. The Morgan fingerprint density at radius 3 is 2.48 bits per heavy atom. The largest absolute Gasteiger partial charge is 0.407 e. The molecule has 0 bridgehead atoms. The number of nitrogens with one attached hydrogen (secondary N) is 1. The van der Waals surface area contributed by atoms with Gasteiger partial charge in [0.05, 0.1) is 5.75 Å². The summed E-state index contributed by atoms with van der Waals surface area (Å²) in [5.41, 5.74) is 1.28. The van der Waals surface area contributed by atoms with E-state index in [-0.39, 0.29) is 33.7 Å². The van der Waals surface area contributed by atoms with Gasteiger partial charge in [0.1, 0.15) is 4.75 Å². The molecule has 1 amide bonds. The van der Waals surface area contributed by atoms with Crippen LogP contribution in [0.1, 0.15) is 24.5 Å². The van der Waals surface area contributed by atoms with Crippen molar-refractivity contribution in [1.29, 1.82) is 0 Å². The van der Waals surface area contributed by atoms with Gasteiger partial charge in [0.25, 0.3) is 0 Å². The minimum atomic E-state index is -4.51. The summed E-state index contributed by atoms with van der Waals surface area (Å²) in [6.45, 7) is 2.41. The first kappa shape index (κ1) is 24.8. The highest BCUT2D eigenvalue weighted by Crippen LogP contribution is 2.60. The topological polar surface area (TPSA) is 29.1 Å².